The minimum Gasteiger partial charge on any atom is -0.328 e. The number of thiazole rings is 1. The molecule has 0 bridgehead atoms. The van der Waals surface area contributed by atoms with Gasteiger partial charge in [0.05, 0.1) is 18.9 Å². The van der Waals surface area contributed by atoms with E-state index in [-0.39, 0.29) is 11.9 Å². The highest BCUT2D eigenvalue weighted by molar-refractivity contribution is 7.09. The van der Waals surface area contributed by atoms with Gasteiger partial charge in [0.15, 0.2) is 5.82 Å². The Balaban J connectivity index is 1.60. The second-order valence-electron chi connectivity index (χ2n) is 5.30. The Bertz CT molecular complexity index is 797. The molecule has 116 valence electrons. The summed E-state index contributed by atoms with van der Waals surface area (Å²) in [6.07, 6.45) is 10.3. The smallest absolute Gasteiger partial charge is 0.274 e. The lowest BCUT2D eigenvalue weighted by Gasteiger charge is -2.20. The van der Waals surface area contributed by atoms with Gasteiger partial charge in [0, 0.05) is 30.0 Å². The third kappa shape index (κ3) is 2.98. The predicted octanol–water partition coefficient (Wildman–Crippen LogP) is 1.92. The number of amides is 1. The molecule has 3 aromatic rings. The third-order valence-corrected chi connectivity index (χ3v) is 4.38. The van der Waals surface area contributed by atoms with Gasteiger partial charge in [-0.1, -0.05) is 0 Å². The molecule has 0 spiro atoms. The lowest BCUT2D eigenvalue weighted by Crippen LogP contribution is -2.33. The van der Waals surface area contributed by atoms with Crippen molar-refractivity contribution >= 4 is 17.2 Å². The van der Waals surface area contributed by atoms with Gasteiger partial charge in [0.2, 0.25) is 0 Å². The van der Waals surface area contributed by atoms with Crippen LogP contribution < -0.4 is 0 Å². The van der Waals surface area contributed by atoms with Gasteiger partial charge in [-0.3, -0.25) is 9.78 Å². The second kappa shape index (κ2) is 5.88. The van der Waals surface area contributed by atoms with E-state index in [1.807, 2.05) is 10.3 Å². The Hall–Kier alpha value is -2.61. The van der Waals surface area contributed by atoms with Crippen LogP contribution in [0.2, 0.25) is 0 Å². The molecule has 0 saturated heterocycles. The first-order valence-corrected chi connectivity index (χ1v) is 8.20. The van der Waals surface area contributed by atoms with Gasteiger partial charge in [-0.2, -0.15) is 5.10 Å². The van der Waals surface area contributed by atoms with E-state index in [0.29, 0.717) is 18.1 Å². The molecule has 1 aliphatic carbocycles. The average molecular weight is 326 g/mol. The van der Waals surface area contributed by atoms with Crippen LogP contribution >= 0.6 is 11.3 Å². The number of carbonyl (C=O) groups excluding carboxylic acids is 1. The molecule has 0 N–H and O–H groups in total. The molecule has 3 heterocycles. The molecular formula is C15H14N6OS. The molecule has 4 rings (SSSR count). The molecular weight excluding hydrogens is 312 g/mol. The van der Waals surface area contributed by atoms with Crippen LogP contribution in [0.15, 0.2) is 42.4 Å². The molecule has 0 atom stereocenters. The molecule has 7 nitrogen and oxygen atoms in total. The maximum atomic E-state index is 12.8. The average Bonchev–Trinajstić information content (AvgIpc) is 3.05. The van der Waals surface area contributed by atoms with E-state index in [0.717, 1.165) is 17.8 Å². The van der Waals surface area contributed by atoms with Crippen LogP contribution in [0.25, 0.3) is 5.82 Å². The predicted molar refractivity (Wildman–Crippen MR) is 84.2 cm³/mol. The minimum absolute atomic E-state index is 0.107. The van der Waals surface area contributed by atoms with Gasteiger partial charge in [0.1, 0.15) is 10.7 Å². The minimum atomic E-state index is -0.107. The summed E-state index contributed by atoms with van der Waals surface area (Å²) in [5.74, 6) is 0.426. The van der Waals surface area contributed by atoms with Gasteiger partial charge in [-0.25, -0.2) is 14.6 Å². The first kappa shape index (κ1) is 14.0. The van der Waals surface area contributed by atoms with E-state index >= 15 is 0 Å². The highest BCUT2D eigenvalue weighted by Gasteiger charge is 2.34. The molecule has 1 amide bonds. The van der Waals surface area contributed by atoms with E-state index in [2.05, 4.69) is 20.1 Å². The Morgan fingerprint density at radius 1 is 1.35 bits per heavy atom. The van der Waals surface area contributed by atoms with Gasteiger partial charge in [-0.05, 0) is 18.9 Å². The molecule has 1 aliphatic rings. The van der Waals surface area contributed by atoms with Gasteiger partial charge in [-0.15, -0.1) is 11.3 Å². The number of hydrogen-bond acceptors (Lipinski definition) is 6. The standard InChI is InChI=1S/C15H14N6OS/c22-15(20(11-2-3-11)10-14-17-5-7-23-14)12-8-16-9-13(19-12)21-6-1-4-18-21/h1,4-9,11H,2-3,10H2. The quantitative estimate of drug-likeness (QED) is 0.716. The SMILES string of the molecule is O=C(c1cncc(-n2cccn2)n1)N(Cc1nccs1)C1CC1. The van der Waals surface area contributed by atoms with Crippen molar-refractivity contribution in [1.82, 2.24) is 29.6 Å². The molecule has 1 saturated carbocycles. The summed E-state index contributed by atoms with van der Waals surface area (Å²) in [7, 11) is 0. The van der Waals surface area contributed by atoms with Crippen LogP contribution in [0.3, 0.4) is 0 Å². The Kier molecular flexibility index (Phi) is 3.58. The Morgan fingerprint density at radius 2 is 2.26 bits per heavy atom. The maximum absolute atomic E-state index is 12.8. The van der Waals surface area contributed by atoms with Crippen molar-refractivity contribution in [2.24, 2.45) is 0 Å². The van der Waals surface area contributed by atoms with Crippen molar-refractivity contribution in [2.75, 3.05) is 0 Å². The van der Waals surface area contributed by atoms with Crippen LogP contribution in [0.5, 0.6) is 0 Å². The van der Waals surface area contributed by atoms with Crippen LogP contribution in [0.1, 0.15) is 28.3 Å². The number of hydrogen-bond donors (Lipinski definition) is 0. The van der Waals surface area contributed by atoms with Crippen molar-refractivity contribution < 1.29 is 4.79 Å². The van der Waals surface area contributed by atoms with E-state index < -0.39 is 0 Å². The zero-order valence-electron chi connectivity index (χ0n) is 12.2. The van der Waals surface area contributed by atoms with Gasteiger partial charge < -0.3 is 4.90 Å². The van der Waals surface area contributed by atoms with Crippen molar-refractivity contribution in [2.45, 2.75) is 25.4 Å². The van der Waals surface area contributed by atoms with Crippen LogP contribution in [0.4, 0.5) is 0 Å². The molecule has 0 aromatic carbocycles. The lowest BCUT2D eigenvalue weighted by atomic mass is 10.3. The van der Waals surface area contributed by atoms with Crippen molar-refractivity contribution in [3.8, 4) is 5.82 Å². The van der Waals surface area contributed by atoms with Crippen LogP contribution in [-0.4, -0.2) is 41.6 Å². The van der Waals surface area contributed by atoms with Gasteiger partial charge in [0.25, 0.3) is 5.91 Å². The summed E-state index contributed by atoms with van der Waals surface area (Å²) in [6, 6.07) is 2.08. The van der Waals surface area contributed by atoms with Crippen molar-refractivity contribution in [1.29, 1.82) is 0 Å². The number of nitrogens with zero attached hydrogens (tertiary/aromatic N) is 6. The fourth-order valence-corrected chi connectivity index (χ4v) is 2.96. The highest BCUT2D eigenvalue weighted by Crippen LogP contribution is 2.29. The van der Waals surface area contributed by atoms with E-state index in [1.165, 1.54) is 6.20 Å². The van der Waals surface area contributed by atoms with Crippen molar-refractivity contribution in [3.63, 3.8) is 0 Å². The van der Waals surface area contributed by atoms with Crippen LogP contribution in [-0.2, 0) is 6.54 Å². The zero-order chi connectivity index (χ0) is 15.6. The van der Waals surface area contributed by atoms with E-state index in [4.69, 9.17) is 0 Å². The summed E-state index contributed by atoms with van der Waals surface area (Å²) < 4.78 is 1.59. The number of carbonyl (C=O) groups is 1. The summed E-state index contributed by atoms with van der Waals surface area (Å²) in [5, 5.41) is 6.97. The number of aromatic nitrogens is 5. The molecule has 0 radical (unpaired) electrons. The largest absolute Gasteiger partial charge is 0.328 e. The topological polar surface area (TPSA) is 76.8 Å². The normalized spacial score (nSPS) is 13.9. The van der Waals surface area contributed by atoms with Crippen LogP contribution in [0, 0.1) is 0 Å². The second-order valence-corrected chi connectivity index (χ2v) is 6.28. The number of rotatable bonds is 5. The molecule has 8 heteroatoms. The fraction of sp³-hybridized carbons (Fsp3) is 0.267. The summed E-state index contributed by atoms with van der Waals surface area (Å²) in [6.45, 7) is 0.523. The molecule has 23 heavy (non-hydrogen) atoms. The molecule has 1 fully saturated rings. The highest BCUT2D eigenvalue weighted by atomic mass is 32.1. The Labute approximate surface area is 136 Å². The first-order valence-electron chi connectivity index (χ1n) is 7.32. The molecule has 0 aliphatic heterocycles. The summed E-state index contributed by atoms with van der Waals surface area (Å²) in [5.41, 5.74) is 0.335. The molecule has 0 unspecified atom stereocenters. The Morgan fingerprint density at radius 3 is 2.96 bits per heavy atom. The lowest BCUT2D eigenvalue weighted by molar-refractivity contribution is 0.0723. The third-order valence-electron chi connectivity index (χ3n) is 3.62. The summed E-state index contributed by atoms with van der Waals surface area (Å²) in [4.78, 5) is 27.5. The van der Waals surface area contributed by atoms with E-state index in [1.54, 1.807) is 46.9 Å². The van der Waals surface area contributed by atoms with Gasteiger partial charge >= 0.3 is 0 Å². The zero-order valence-corrected chi connectivity index (χ0v) is 13.1. The summed E-state index contributed by atoms with van der Waals surface area (Å²) >= 11 is 1.56. The molecule has 3 aromatic heterocycles. The maximum Gasteiger partial charge on any atom is 0.274 e. The fourth-order valence-electron chi connectivity index (χ4n) is 2.35. The first-order chi connectivity index (χ1) is 11.3. The van der Waals surface area contributed by atoms with Crippen molar-refractivity contribution in [3.05, 3.63) is 53.1 Å². The monoisotopic (exact) mass is 326 g/mol. The van der Waals surface area contributed by atoms with E-state index in [9.17, 15) is 4.79 Å².